The second kappa shape index (κ2) is 7.60. The van der Waals surface area contributed by atoms with E-state index in [1.165, 1.54) is 12.8 Å². The quantitative estimate of drug-likeness (QED) is 0.846. The molecule has 1 aromatic rings. The number of amides is 1. The third-order valence-corrected chi connectivity index (χ3v) is 6.51. The molecule has 4 rings (SSSR count). The number of rotatable bonds is 4. The Morgan fingerprint density at radius 3 is 2.54 bits per heavy atom. The molecular weight excluding hydrogens is 332 g/mol. The van der Waals surface area contributed by atoms with Crippen molar-refractivity contribution in [3.63, 3.8) is 0 Å². The molecule has 4 heterocycles. The minimum atomic E-state index is -0.215. The van der Waals surface area contributed by atoms with E-state index < -0.39 is 0 Å². The molecule has 0 bridgehead atoms. The third kappa shape index (κ3) is 3.49. The third-order valence-electron chi connectivity index (χ3n) is 6.51. The molecule has 1 atom stereocenters. The van der Waals surface area contributed by atoms with Gasteiger partial charge in [-0.05, 0) is 62.0 Å². The first-order valence-corrected chi connectivity index (χ1v) is 10.1. The predicted octanol–water partition coefficient (Wildman–Crippen LogP) is 0.638. The molecule has 8 nitrogen and oxygen atoms in total. The summed E-state index contributed by atoms with van der Waals surface area (Å²) in [6, 6.07) is 0. The van der Waals surface area contributed by atoms with Crippen molar-refractivity contribution in [1.29, 1.82) is 0 Å². The Morgan fingerprint density at radius 1 is 1.08 bits per heavy atom. The van der Waals surface area contributed by atoms with Crippen molar-refractivity contribution in [2.45, 2.75) is 57.4 Å². The number of piperidine rings is 1. The van der Waals surface area contributed by atoms with Gasteiger partial charge in [0.25, 0.3) is 0 Å². The van der Waals surface area contributed by atoms with Crippen molar-refractivity contribution in [1.82, 2.24) is 30.0 Å². The van der Waals surface area contributed by atoms with Crippen LogP contribution in [0, 0.1) is 5.41 Å². The summed E-state index contributed by atoms with van der Waals surface area (Å²) in [5, 5.41) is 22.0. The Kier molecular flexibility index (Phi) is 5.22. The molecule has 26 heavy (non-hydrogen) atoms. The highest BCUT2D eigenvalue weighted by Gasteiger charge is 2.40. The zero-order valence-corrected chi connectivity index (χ0v) is 15.5. The van der Waals surface area contributed by atoms with Gasteiger partial charge in [-0.1, -0.05) is 6.42 Å². The first-order valence-electron chi connectivity index (χ1n) is 10.1. The van der Waals surface area contributed by atoms with Gasteiger partial charge in [-0.3, -0.25) is 4.79 Å². The van der Waals surface area contributed by atoms with Gasteiger partial charge in [0.1, 0.15) is 0 Å². The van der Waals surface area contributed by atoms with Crippen LogP contribution in [-0.4, -0.2) is 80.4 Å². The molecule has 3 aliphatic rings. The molecule has 0 saturated carbocycles. The topological polar surface area (TPSA) is 87.4 Å². The molecule has 0 aromatic carbocycles. The Labute approximate surface area is 154 Å². The van der Waals surface area contributed by atoms with Gasteiger partial charge in [-0.2, -0.15) is 0 Å². The van der Waals surface area contributed by atoms with E-state index in [0.717, 1.165) is 77.2 Å². The fourth-order valence-electron chi connectivity index (χ4n) is 4.80. The summed E-state index contributed by atoms with van der Waals surface area (Å²) in [6.07, 6.45) is 7.16. The molecule has 1 amide bonds. The maximum atomic E-state index is 13.2. The molecule has 2 saturated heterocycles. The first-order chi connectivity index (χ1) is 12.7. The van der Waals surface area contributed by atoms with E-state index in [1.807, 2.05) is 4.90 Å². The summed E-state index contributed by atoms with van der Waals surface area (Å²) in [5.74, 6) is 0.673. The van der Waals surface area contributed by atoms with Crippen LogP contribution >= 0.6 is 0 Å². The molecule has 0 spiro atoms. The number of likely N-dealkylation sites (tertiary alicyclic amines) is 2. The first kappa shape index (κ1) is 17.9. The predicted molar refractivity (Wildman–Crippen MR) is 95.4 cm³/mol. The smallest absolute Gasteiger partial charge is 0.233 e. The van der Waals surface area contributed by atoms with Crippen LogP contribution in [0.25, 0.3) is 0 Å². The van der Waals surface area contributed by atoms with E-state index in [4.69, 9.17) is 0 Å². The monoisotopic (exact) mass is 362 g/mol. The van der Waals surface area contributed by atoms with E-state index >= 15 is 0 Å². The molecule has 3 aliphatic heterocycles. The van der Waals surface area contributed by atoms with Crippen LogP contribution in [-0.2, 0) is 11.3 Å². The van der Waals surface area contributed by atoms with E-state index in [1.54, 1.807) is 4.68 Å². The van der Waals surface area contributed by atoms with Crippen molar-refractivity contribution >= 4 is 5.91 Å². The number of tetrazole rings is 1. The molecule has 8 heteroatoms. The van der Waals surface area contributed by atoms with Crippen molar-refractivity contribution in [2.24, 2.45) is 5.41 Å². The van der Waals surface area contributed by atoms with E-state index in [2.05, 4.69) is 20.4 Å². The second-order valence-electron chi connectivity index (χ2n) is 8.28. The Balaban J connectivity index is 1.40. The summed E-state index contributed by atoms with van der Waals surface area (Å²) in [7, 11) is 0. The van der Waals surface area contributed by atoms with Gasteiger partial charge < -0.3 is 14.9 Å². The summed E-state index contributed by atoms with van der Waals surface area (Å²) in [6.45, 7) is 5.73. The summed E-state index contributed by atoms with van der Waals surface area (Å²) >= 11 is 0. The lowest BCUT2D eigenvalue weighted by molar-refractivity contribution is -0.136. The highest BCUT2D eigenvalue weighted by atomic mass is 16.3. The van der Waals surface area contributed by atoms with Crippen molar-refractivity contribution < 1.29 is 9.90 Å². The normalized spacial score (nSPS) is 26.5. The number of nitrogens with zero attached hydrogens (tertiary/aromatic N) is 6. The largest absolute Gasteiger partial charge is 0.396 e. The average Bonchev–Trinajstić information content (AvgIpc) is 3.30. The number of aliphatic hydroxyl groups is 1. The number of fused-ring (bicyclic) bond motifs is 1. The summed E-state index contributed by atoms with van der Waals surface area (Å²) in [4.78, 5) is 17.6. The molecule has 2 fully saturated rings. The summed E-state index contributed by atoms with van der Waals surface area (Å²) in [5.41, 5.74) is -0.0495. The molecule has 1 aromatic heterocycles. The maximum Gasteiger partial charge on any atom is 0.233 e. The fourth-order valence-corrected chi connectivity index (χ4v) is 4.80. The molecular formula is C18H30N6O2. The van der Waals surface area contributed by atoms with Gasteiger partial charge in [-0.25, -0.2) is 4.68 Å². The standard InChI is InChI=1S/C18H30N6O2/c25-14-18(13-22-8-3-4-9-22)6-11-23(12-7-18)17(26)15-5-1-2-10-24-16(15)19-20-21-24/h15,25H,1-14H2/t15-/m0/s1. The number of aromatic nitrogens is 4. The zero-order chi connectivity index (χ0) is 18.0. The zero-order valence-electron chi connectivity index (χ0n) is 15.5. The van der Waals surface area contributed by atoms with E-state index in [0.29, 0.717) is 0 Å². The van der Waals surface area contributed by atoms with Crippen molar-refractivity contribution in [3.8, 4) is 0 Å². The van der Waals surface area contributed by atoms with Gasteiger partial charge in [0.05, 0.1) is 12.5 Å². The number of carbonyl (C=O) groups is 1. The number of hydrogen-bond acceptors (Lipinski definition) is 6. The minimum Gasteiger partial charge on any atom is -0.396 e. The fraction of sp³-hybridized carbons (Fsp3) is 0.889. The number of aryl methyl sites for hydroxylation is 1. The maximum absolute atomic E-state index is 13.2. The van der Waals surface area contributed by atoms with Gasteiger partial charge in [0.15, 0.2) is 5.82 Å². The lowest BCUT2D eigenvalue weighted by Crippen LogP contribution is -2.50. The van der Waals surface area contributed by atoms with Crippen LogP contribution < -0.4 is 0 Å². The van der Waals surface area contributed by atoms with E-state index in [9.17, 15) is 9.90 Å². The molecule has 0 aliphatic carbocycles. The minimum absolute atomic E-state index is 0.0495. The SMILES string of the molecule is O=C([C@H]1CCCCn2nnnc21)N1CCC(CO)(CN2CCCC2)CC1. The lowest BCUT2D eigenvalue weighted by atomic mass is 9.78. The number of aliphatic hydroxyl groups excluding tert-OH is 1. The molecule has 1 N–H and O–H groups in total. The van der Waals surface area contributed by atoms with Crippen LogP contribution in [0.1, 0.15) is 56.7 Å². The van der Waals surface area contributed by atoms with Crippen LogP contribution in [0.3, 0.4) is 0 Å². The Bertz CT molecular complexity index is 619. The van der Waals surface area contributed by atoms with Gasteiger partial charge in [-0.15, -0.1) is 5.10 Å². The van der Waals surface area contributed by atoms with E-state index in [-0.39, 0.29) is 23.8 Å². The lowest BCUT2D eigenvalue weighted by Gasteiger charge is -2.43. The average molecular weight is 362 g/mol. The highest BCUT2D eigenvalue weighted by Crippen LogP contribution is 2.35. The van der Waals surface area contributed by atoms with Crippen LogP contribution in [0.4, 0.5) is 0 Å². The summed E-state index contributed by atoms with van der Waals surface area (Å²) < 4.78 is 1.80. The molecule has 0 radical (unpaired) electrons. The van der Waals surface area contributed by atoms with Gasteiger partial charge in [0, 0.05) is 31.6 Å². The molecule has 0 unspecified atom stereocenters. The number of carbonyl (C=O) groups excluding carboxylic acids is 1. The second-order valence-corrected chi connectivity index (χ2v) is 8.28. The van der Waals surface area contributed by atoms with Gasteiger partial charge >= 0.3 is 0 Å². The van der Waals surface area contributed by atoms with Gasteiger partial charge in [0.2, 0.25) is 5.91 Å². The number of hydrogen-bond donors (Lipinski definition) is 1. The van der Waals surface area contributed by atoms with Crippen LogP contribution in [0.2, 0.25) is 0 Å². The Hall–Kier alpha value is -1.54. The van der Waals surface area contributed by atoms with Crippen LogP contribution in [0.15, 0.2) is 0 Å². The Morgan fingerprint density at radius 2 is 1.81 bits per heavy atom. The highest BCUT2D eigenvalue weighted by molar-refractivity contribution is 5.83. The van der Waals surface area contributed by atoms with Crippen molar-refractivity contribution in [3.05, 3.63) is 5.82 Å². The van der Waals surface area contributed by atoms with Crippen LogP contribution in [0.5, 0.6) is 0 Å². The molecule has 144 valence electrons. The van der Waals surface area contributed by atoms with Crippen molar-refractivity contribution in [2.75, 3.05) is 39.3 Å².